The Morgan fingerprint density at radius 1 is 0.867 bits per heavy atom. The molecule has 152 valence electrons. The Bertz CT molecular complexity index is 1060. The number of rotatable bonds is 8. The molecule has 30 heavy (non-hydrogen) atoms. The third-order valence-electron chi connectivity index (χ3n) is 5.68. The smallest absolute Gasteiger partial charge is 0.113 e. The van der Waals surface area contributed by atoms with Crippen molar-refractivity contribution < 1.29 is 9.84 Å². The third-order valence-corrected chi connectivity index (χ3v) is 5.68. The Morgan fingerprint density at radius 3 is 2.10 bits per heavy atom. The summed E-state index contributed by atoms with van der Waals surface area (Å²) in [6, 6.07) is 28.5. The van der Waals surface area contributed by atoms with Gasteiger partial charge in [-0.15, -0.1) is 0 Å². The Morgan fingerprint density at radius 2 is 1.47 bits per heavy atom. The van der Waals surface area contributed by atoms with Gasteiger partial charge in [0.1, 0.15) is 11.9 Å². The second kappa shape index (κ2) is 8.42. The van der Waals surface area contributed by atoms with Gasteiger partial charge in [-0.25, -0.2) is 4.98 Å². The highest BCUT2D eigenvalue weighted by molar-refractivity contribution is 5.76. The van der Waals surface area contributed by atoms with Crippen LogP contribution in [0.25, 0.3) is 11.0 Å². The lowest BCUT2D eigenvalue weighted by molar-refractivity contribution is -0.000431. The zero-order chi connectivity index (χ0) is 20.3. The molecule has 1 saturated carbocycles. The number of aromatic nitrogens is 2. The summed E-state index contributed by atoms with van der Waals surface area (Å²) < 4.78 is 8.45. The van der Waals surface area contributed by atoms with Crippen molar-refractivity contribution >= 4 is 11.0 Å². The van der Waals surface area contributed by atoms with Crippen LogP contribution in [0.3, 0.4) is 0 Å². The van der Waals surface area contributed by atoms with E-state index in [9.17, 15) is 5.11 Å². The highest BCUT2D eigenvalue weighted by atomic mass is 16.5. The summed E-state index contributed by atoms with van der Waals surface area (Å²) in [6.07, 6.45) is 1.54. The van der Waals surface area contributed by atoms with E-state index < -0.39 is 6.10 Å². The van der Waals surface area contributed by atoms with Crippen molar-refractivity contribution in [1.82, 2.24) is 9.55 Å². The van der Waals surface area contributed by atoms with E-state index in [0.717, 1.165) is 28.0 Å². The Hall–Kier alpha value is -2.95. The lowest BCUT2D eigenvalue weighted by atomic mass is 10.0. The van der Waals surface area contributed by atoms with Crippen LogP contribution in [0.4, 0.5) is 0 Å². The molecule has 1 unspecified atom stereocenters. The van der Waals surface area contributed by atoms with Crippen molar-refractivity contribution in [3.8, 4) is 0 Å². The summed E-state index contributed by atoms with van der Waals surface area (Å²) >= 11 is 0. The van der Waals surface area contributed by atoms with Crippen molar-refractivity contribution in [2.75, 3.05) is 6.61 Å². The van der Waals surface area contributed by atoms with Gasteiger partial charge in [-0.3, -0.25) is 0 Å². The number of hydrogen-bond donors (Lipinski definition) is 1. The molecule has 0 saturated heterocycles. The topological polar surface area (TPSA) is 47.3 Å². The molecule has 1 aliphatic carbocycles. The van der Waals surface area contributed by atoms with Crippen molar-refractivity contribution in [2.24, 2.45) is 0 Å². The average Bonchev–Trinajstić information content (AvgIpc) is 3.58. The summed E-state index contributed by atoms with van der Waals surface area (Å²) in [5.74, 6) is 1.62. The highest BCUT2D eigenvalue weighted by Crippen LogP contribution is 2.40. The SMILES string of the molecule is OC(COC(c1ccccc1)c1ccccc1)Cn1c(C2CC2)nc2ccccc21. The largest absolute Gasteiger partial charge is 0.389 e. The van der Waals surface area contributed by atoms with Crippen LogP contribution in [0, 0.1) is 0 Å². The molecule has 1 atom stereocenters. The molecule has 0 aliphatic heterocycles. The Labute approximate surface area is 176 Å². The van der Waals surface area contributed by atoms with Gasteiger partial charge in [-0.05, 0) is 36.1 Å². The number of hydrogen-bond acceptors (Lipinski definition) is 3. The number of para-hydroxylation sites is 2. The standard InChI is InChI=1S/C26H26N2O2/c29-22(17-28-24-14-8-7-13-23(24)27-26(28)21-15-16-21)18-30-25(19-9-3-1-4-10-19)20-11-5-2-6-12-20/h1-14,21-22,25,29H,15-18H2. The van der Waals surface area contributed by atoms with Crippen LogP contribution in [0.2, 0.25) is 0 Å². The molecule has 4 nitrogen and oxygen atoms in total. The molecule has 4 aromatic rings. The van der Waals surface area contributed by atoms with E-state index in [4.69, 9.17) is 9.72 Å². The van der Waals surface area contributed by atoms with Gasteiger partial charge in [-0.2, -0.15) is 0 Å². The fourth-order valence-electron chi connectivity index (χ4n) is 4.05. The minimum absolute atomic E-state index is 0.204. The van der Waals surface area contributed by atoms with E-state index in [2.05, 4.69) is 34.9 Å². The fourth-order valence-corrected chi connectivity index (χ4v) is 4.05. The molecule has 5 rings (SSSR count). The van der Waals surface area contributed by atoms with Crippen LogP contribution in [-0.4, -0.2) is 27.4 Å². The average molecular weight is 399 g/mol. The lowest BCUT2D eigenvalue weighted by Gasteiger charge is -2.22. The maximum absolute atomic E-state index is 10.9. The van der Waals surface area contributed by atoms with Crippen LogP contribution in [-0.2, 0) is 11.3 Å². The van der Waals surface area contributed by atoms with Crippen LogP contribution >= 0.6 is 0 Å². The predicted octanol–water partition coefficient (Wildman–Crippen LogP) is 5.08. The molecule has 0 spiro atoms. The maximum Gasteiger partial charge on any atom is 0.113 e. The minimum Gasteiger partial charge on any atom is -0.389 e. The third kappa shape index (κ3) is 4.02. The quantitative estimate of drug-likeness (QED) is 0.450. The number of aliphatic hydroxyl groups is 1. The molecule has 0 bridgehead atoms. The molecule has 1 fully saturated rings. The monoisotopic (exact) mass is 398 g/mol. The number of aliphatic hydroxyl groups excluding tert-OH is 1. The first-order valence-electron chi connectivity index (χ1n) is 10.6. The number of fused-ring (bicyclic) bond motifs is 1. The summed E-state index contributed by atoms with van der Waals surface area (Å²) in [7, 11) is 0. The molecule has 1 heterocycles. The summed E-state index contributed by atoms with van der Waals surface area (Å²) in [4.78, 5) is 4.83. The summed E-state index contributed by atoms with van der Waals surface area (Å²) in [6.45, 7) is 0.744. The zero-order valence-corrected chi connectivity index (χ0v) is 16.9. The molecular weight excluding hydrogens is 372 g/mol. The fraction of sp³-hybridized carbons (Fsp3) is 0.269. The van der Waals surface area contributed by atoms with E-state index in [-0.39, 0.29) is 12.7 Å². The number of ether oxygens (including phenoxy) is 1. The molecule has 1 N–H and O–H groups in total. The van der Waals surface area contributed by atoms with Crippen molar-refractivity contribution in [3.63, 3.8) is 0 Å². The first-order valence-corrected chi connectivity index (χ1v) is 10.6. The highest BCUT2D eigenvalue weighted by Gasteiger charge is 2.30. The molecule has 3 aromatic carbocycles. The van der Waals surface area contributed by atoms with Gasteiger partial charge >= 0.3 is 0 Å². The van der Waals surface area contributed by atoms with E-state index in [1.807, 2.05) is 54.6 Å². The zero-order valence-electron chi connectivity index (χ0n) is 16.9. The van der Waals surface area contributed by atoms with Crippen LogP contribution in [0.15, 0.2) is 84.9 Å². The van der Waals surface area contributed by atoms with Crippen LogP contribution in [0.5, 0.6) is 0 Å². The van der Waals surface area contributed by atoms with Gasteiger partial charge in [0, 0.05) is 5.92 Å². The van der Waals surface area contributed by atoms with E-state index in [1.54, 1.807) is 0 Å². The first kappa shape index (κ1) is 19.0. The summed E-state index contributed by atoms with van der Waals surface area (Å²) in [5, 5.41) is 10.9. The Kier molecular flexibility index (Phi) is 5.35. The second-order valence-corrected chi connectivity index (χ2v) is 8.03. The Balaban J connectivity index is 1.34. The minimum atomic E-state index is -0.616. The molecule has 4 heteroatoms. The number of benzene rings is 3. The van der Waals surface area contributed by atoms with E-state index in [0.29, 0.717) is 12.5 Å². The van der Waals surface area contributed by atoms with E-state index in [1.165, 1.54) is 12.8 Å². The van der Waals surface area contributed by atoms with Crippen molar-refractivity contribution in [2.45, 2.75) is 37.5 Å². The van der Waals surface area contributed by atoms with Gasteiger partial charge in [0.25, 0.3) is 0 Å². The van der Waals surface area contributed by atoms with Crippen LogP contribution in [0.1, 0.15) is 41.8 Å². The molecule has 0 radical (unpaired) electrons. The normalized spacial score (nSPS) is 15.0. The first-order chi connectivity index (χ1) is 14.8. The van der Waals surface area contributed by atoms with Gasteiger partial charge < -0.3 is 14.4 Å². The molecule has 0 amide bonds. The number of nitrogens with zero attached hydrogens (tertiary/aromatic N) is 2. The molecule has 1 aromatic heterocycles. The van der Waals surface area contributed by atoms with Gasteiger partial charge in [-0.1, -0.05) is 72.8 Å². The van der Waals surface area contributed by atoms with Gasteiger partial charge in [0.15, 0.2) is 0 Å². The van der Waals surface area contributed by atoms with Gasteiger partial charge in [0.05, 0.1) is 30.3 Å². The van der Waals surface area contributed by atoms with Crippen molar-refractivity contribution in [1.29, 1.82) is 0 Å². The lowest BCUT2D eigenvalue weighted by Crippen LogP contribution is -2.24. The molecular formula is C26H26N2O2. The summed E-state index contributed by atoms with van der Waals surface area (Å²) in [5.41, 5.74) is 4.25. The predicted molar refractivity (Wildman–Crippen MR) is 118 cm³/mol. The van der Waals surface area contributed by atoms with Crippen molar-refractivity contribution in [3.05, 3.63) is 102 Å². The van der Waals surface area contributed by atoms with Crippen LogP contribution < -0.4 is 0 Å². The second-order valence-electron chi connectivity index (χ2n) is 8.03. The maximum atomic E-state index is 10.9. The van der Waals surface area contributed by atoms with E-state index >= 15 is 0 Å². The van der Waals surface area contributed by atoms with Gasteiger partial charge in [0.2, 0.25) is 0 Å². The number of imidazole rings is 1. The molecule has 1 aliphatic rings.